The number of hydrogen-bond donors (Lipinski definition) is 1. The Kier molecular flexibility index (Phi) is 30.1. The summed E-state index contributed by atoms with van der Waals surface area (Å²) in [6.45, 7) is 36.7. The van der Waals surface area contributed by atoms with Crippen molar-refractivity contribution in [2.45, 2.75) is 111 Å². The van der Waals surface area contributed by atoms with Gasteiger partial charge in [0.2, 0.25) is 0 Å². The Morgan fingerprint density at radius 1 is 0.581 bits per heavy atom. The first kappa shape index (κ1) is 74.1. The highest BCUT2D eigenvalue weighted by atomic mass is 35.5. The van der Waals surface area contributed by atoms with Crippen molar-refractivity contribution < 1.29 is 9.59 Å². The van der Waals surface area contributed by atoms with E-state index in [0.29, 0.717) is 9.87 Å². The highest BCUT2D eigenvalue weighted by molar-refractivity contribution is 8.13. The van der Waals surface area contributed by atoms with Crippen molar-refractivity contribution in [2.75, 3.05) is 12.5 Å². The minimum absolute atomic E-state index is 0. The first-order valence-corrected chi connectivity index (χ1v) is 33.2. The number of aliphatic imine (C=N–C) groups is 1. The minimum Gasteiger partial charge on any atom is -0.389 e. The van der Waals surface area contributed by atoms with Crippen LogP contribution in [0, 0.1) is 122 Å². The average molecular weight is 1300 g/mol. The maximum absolute atomic E-state index is 12.5. The van der Waals surface area contributed by atoms with Crippen LogP contribution >= 0.6 is 94.8 Å². The number of nitriles is 1. The van der Waals surface area contributed by atoms with Crippen molar-refractivity contribution in [3.05, 3.63) is 235 Å². The number of thioether (sulfide) groups is 2. The highest BCUT2D eigenvalue weighted by Gasteiger charge is 2.19. The van der Waals surface area contributed by atoms with Gasteiger partial charge in [-0.15, -0.1) is 57.5 Å². The maximum Gasteiger partial charge on any atom is 0.288 e. The van der Waals surface area contributed by atoms with E-state index in [-0.39, 0.29) is 24.6 Å². The number of aromatic nitrogens is 3. The first-order valence-electron chi connectivity index (χ1n) is 27.3. The van der Waals surface area contributed by atoms with Gasteiger partial charge in [0, 0.05) is 28.6 Å². The summed E-state index contributed by atoms with van der Waals surface area (Å²) in [7, 11) is 1.97. The fourth-order valence-electron chi connectivity index (χ4n) is 9.04. The predicted octanol–water partition coefficient (Wildman–Crippen LogP) is 20.0. The molecule has 0 bridgehead atoms. The van der Waals surface area contributed by atoms with Gasteiger partial charge in [-0.2, -0.15) is 23.9 Å². The topological polar surface area (TPSA) is 127 Å². The van der Waals surface area contributed by atoms with Crippen LogP contribution in [0.5, 0.6) is 0 Å². The largest absolute Gasteiger partial charge is 0.389 e. The van der Waals surface area contributed by atoms with Gasteiger partial charge < -0.3 is 5.73 Å². The fraction of sp³-hybridized carbons (Fsp3) is 0.271. The average Bonchev–Trinajstić information content (AvgIpc) is 4.28. The summed E-state index contributed by atoms with van der Waals surface area (Å²) in [6.07, 6.45) is 4.03. The van der Waals surface area contributed by atoms with E-state index in [2.05, 4.69) is 138 Å². The number of halogens is 1. The van der Waals surface area contributed by atoms with E-state index >= 15 is 0 Å². The number of thiophene rings is 3. The molecule has 16 heteroatoms. The van der Waals surface area contributed by atoms with Gasteiger partial charge in [-0.3, -0.25) is 9.59 Å². The van der Waals surface area contributed by atoms with Crippen LogP contribution < -0.4 is 5.73 Å². The molecular weight excluding hydrogens is 1220 g/mol. The molecule has 1 amide bonds. The third kappa shape index (κ3) is 19.7. The summed E-state index contributed by atoms with van der Waals surface area (Å²) < 4.78 is 1.89. The molecule has 9 rings (SSSR count). The Balaban J connectivity index is 0.000000278. The lowest BCUT2D eigenvalue weighted by Crippen LogP contribution is -2.12. The normalized spacial score (nSPS) is 10.4. The second kappa shape index (κ2) is 35.0. The molecule has 9 aromatic rings. The molecule has 0 radical (unpaired) electrons. The van der Waals surface area contributed by atoms with E-state index in [1.165, 1.54) is 78.3 Å². The van der Waals surface area contributed by atoms with Crippen molar-refractivity contribution in [2.24, 2.45) is 17.8 Å². The lowest BCUT2D eigenvalue weighted by atomic mass is 10.0. The number of carbonyl (C=O) groups excluding carboxylic acids is 2. The van der Waals surface area contributed by atoms with Crippen molar-refractivity contribution in [3.63, 3.8) is 0 Å². The van der Waals surface area contributed by atoms with Gasteiger partial charge >= 0.3 is 0 Å². The molecule has 0 saturated carbocycles. The summed E-state index contributed by atoms with van der Waals surface area (Å²) in [5.74, 6) is 1.62. The van der Waals surface area contributed by atoms with Gasteiger partial charge in [0.15, 0.2) is 11.6 Å². The van der Waals surface area contributed by atoms with Crippen LogP contribution in [0.1, 0.15) is 131 Å². The number of hydrogen-bond acceptors (Lipinski definition) is 11. The fourth-order valence-corrected chi connectivity index (χ4v) is 13.8. The summed E-state index contributed by atoms with van der Waals surface area (Å²) in [6, 6.07) is 32.8. The Labute approximate surface area is 550 Å². The molecular formula is C70H81ClN6O2S7. The zero-order valence-corrected chi connectivity index (χ0v) is 59.7. The second-order valence-electron chi connectivity index (χ2n) is 20.6. The summed E-state index contributed by atoms with van der Waals surface area (Å²) >= 11 is 18.1. The van der Waals surface area contributed by atoms with Crippen LogP contribution in [-0.2, 0) is 7.05 Å². The summed E-state index contributed by atoms with van der Waals surface area (Å²) in [5.41, 5.74) is 29.6. The number of rotatable bonds is 8. The third-order valence-electron chi connectivity index (χ3n) is 14.3. The van der Waals surface area contributed by atoms with Gasteiger partial charge in [-0.05, 0) is 246 Å². The number of aryl methyl sites for hydroxylation is 14. The SMILES string of the molecule is C=C(SC)c1c(C)cccc1C.CSC(=NC(=O)c1scc(C)c1C)c1c(C)cccc1C.Cc1cccc(C)c1C#N.Cc1cccc(C)c1C(N)=S.Cc1csc(-c2nc(-c3c(C)cccc3C)nn2C)c1C.Cc1csc(C(=O)Cl)c1C.S. The Morgan fingerprint density at radius 2 is 0.965 bits per heavy atom. The maximum atomic E-state index is 12.5. The zero-order chi connectivity index (χ0) is 63.6. The Bertz CT molecular complexity index is 3830. The number of benzene rings is 5. The molecule has 8 nitrogen and oxygen atoms in total. The molecule has 0 aliphatic heterocycles. The highest BCUT2D eigenvalue weighted by Crippen LogP contribution is 2.34. The van der Waals surface area contributed by atoms with Crippen molar-refractivity contribution in [1.29, 1.82) is 5.26 Å². The summed E-state index contributed by atoms with van der Waals surface area (Å²) in [4.78, 5) is 36.6. The van der Waals surface area contributed by atoms with Crippen LogP contribution in [0.3, 0.4) is 0 Å². The molecule has 452 valence electrons. The first-order chi connectivity index (χ1) is 40.1. The second-order valence-corrected chi connectivity index (χ2v) is 25.8. The zero-order valence-electron chi connectivity index (χ0n) is 53.1. The molecule has 5 aromatic carbocycles. The predicted molar refractivity (Wildman–Crippen MR) is 388 cm³/mol. The van der Waals surface area contributed by atoms with Crippen LogP contribution in [0.25, 0.3) is 27.0 Å². The van der Waals surface area contributed by atoms with E-state index in [1.54, 1.807) is 23.1 Å². The molecule has 0 saturated heterocycles. The van der Waals surface area contributed by atoms with Crippen LogP contribution in [0.4, 0.5) is 0 Å². The van der Waals surface area contributed by atoms with E-state index in [0.717, 1.165) is 104 Å². The van der Waals surface area contributed by atoms with E-state index in [4.69, 9.17) is 39.8 Å². The van der Waals surface area contributed by atoms with Gasteiger partial charge in [0.25, 0.3) is 11.1 Å². The van der Waals surface area contributed by atoms with E-state index < -0.39 is 0 Å². The molecule has 0 atom stereocenters. The molecule has 0 unspecified atom stereocenters. The quantitative estimate of drug-likeness (QED) is 0.0685. The lowest BCUT2D eigenvalue weighted by Gasteiger charge is -2.10. The van der Waals surface area contributed by atoms with Gasteiger partial charge in [0.05, 0.1) is 26.3 Å². The number of carbonyl (C=O) groups is 2. The van der Waals surface area contributed by atoms with Crippen LogP contribution in [-0.4, -0.2) is 48.5 Å². The molecule has 4 aromatic heterocycles. The molecule has 4 heterocycles. The molecule has 86 heavy (non-hydrogen) atoms. The molecule has 2 N–H and O–H groups in total. The molecule has 0 fully saturated rings. The summed E-state index contributed by atoms with van der Waals surface area (Å²) in [5, 5.41) is 19.9. The number of thiocarbonyl (C=S) groups is 1. The van der Waals surface area contributed by atoms with E-state index in [9.17, 15) is 9.59 Å². The standard InChI is InChI=1S/C17H19N3S.C17H19NOS2.C11H14S.C9H11NS.C9H9N.C7H7ClOS.H2S/c1-10-7-6-8-11(2)14(10)16-18-17(20(5)19-16)15-13(4)12(3)9-21-15;1-10-7-6-8-11(2)14(10)17(20-5)18-16(19)15-13(4)12(3)9-21-15;1-8-6-5-7-9(2)11(8)10(3)12-4;1-6-4-3-5-7(2)8(6)9(10)11;1-7-4-3-5-8(2)9(7)6-10;1-4-3-10-6(5(4)2)7(8)9;/h2*6-9H,1-5H3;5-7H,3H2,1-2,4H3;3-5H,1-2H3,(H2,10,11);3-5H,1-2H3;3H,1-2H3;1H2. The third-order valence-corrected chi connectivity index (χ3v) is 19.8. The smallest absolute Gasteiger partial charge is 0.288 e. The van der Waals surface area contributed by atoms with Crippen LogP contribution in [0.15, 0.2) is 119 Å². The lowest BCUT2D eigenvalue weighted by molar-refractivity contribution is 0.101. The Hall–Kier alpha value is -6.19. The van der Waals surface area contributed by atoms with Crippen molar-refractivity contribution in [1.82, 2.24) is 14.8 Å². The number of nitrogens with zero attached hydrogens (tertiary/aromatic N) is 5. The number of amides is 1. The minimum atomic E-state index is -0.351. The Morgan fingerprint density at radius 3 is 1.29 bits per heavy atom. The monoisotopic (exact) mass is 1300 g/mol. The van der Waals surface area contributed by atoms with Gasteiger partial charge in [-0.1, -0.05) is 110 Å². The van der Waals surface area contributed by atoms with Gasteiger partial charge in [0.1, 0.15) is 10.0 Å². The number of nitrogens with two attached hydrogens (primary N) is 1. The molecule has 0 aliphatic rings. The van der Waals surface area contributed by atoms with Crippen molar-refractivity contribution >= 4 is 121 Å². The van der Waals surface area contributed by atoms with Crippen LogP contribution in [0.2, 0.25) is 0 Å². The van der Waals surface area contributed by atoms with Crippen molar-refractivity contribution in [3.8, 4) is 28.2 Å². The molecule has 0 aliphatic carbocycles. The molecule has 0 spiro atoms. The van der Waals surface area contributed by atoms with Gasteiger partial charge in [-0.25, -0.2) is 14.7 Å². The van der Waals surface area contributed by atoms with E-state index in [1.807, 2.05) is 127 Å².